The summed E-state index contributed by atoms with van der Waals surface area (Å²) in [4.78, 5) is 4.66. The maximum absolute atomic E-state index is 15.6. The van der Waals surface area contributed by atoms with Crippen molar-refractivity contribution >= 4 is 5.71 Å². The van der Waals surface area contributed by atoms with Gasteiger partial charge in [0.05, 0.1) is 0 Å². The van der Waals surface area contributed by atoms with Crippen LogP contribution >= 0.6 is 0 Å². The Morgan fingerprint density at radius 2 is 1.83 bits per heavy atom. The average Bonchev–Trinajstić information content (AvgIpc) is 2.85. The van der Waals surface area contributed by atoms with Crippen LogP contribution in [0.15, 0.2) is 60.1 Å². The molecule has 0 aliphatic heterocycles. The molecular weight excluding hydrogens is 431 g/mol. The first-order valence-corrected chi connectivity index (χ1v) is 13.5. The van der Waals surface area contributed by atoms with Crippen LogP contribution in [-0.4, -0.2) is 31.5 Å². The molecule has 0 fully saturated rings. The molecule has 0 aliphatic rings. The van der Waals surface area contributed by atoms with Crippen LogP contribution in [0.5, 0.6) is 0 Å². The van der Waals surface area contributed by atoms with Crippen LogP contribution in [-0.2, 0) is 12.8 Å². The highest BCUT2D eigenvalue weighted by Gasteiger charge is 2.36. The van der Waals surface area contributed by atoms with Gasteiger partial charge in [-0.2, -0.15) is 0 Å². The van der Waals surface area contributed by atoms with E-state index in [-0.39, 0.29) is 11.8 Å². The molecule has 192 valence electrons. The molecule has 0 saturated carbocycles. The molecule has 0 radical (unpaired) electrons. The molecule has 35 heavy (non-hydrogen) atoms. The Hall–Kier alpha value is -2.26. The molecule has 2 rings (SSSR count). The molecular formula is C32H47FN2. The Morgan fingerprint density at radius 3 is 2.40 bits per heavy atom. The summed E-state index contributed by atoms with van der Waals surface area (Å²) in [7, 11) is 1.98. The summed E-state index contributed by atoms with van der Waals surface area (Å²) in [5.74, 6) is 0.143. The summed E-state index contributed by atoms with van der Waals surface area (Å²) < 4.78 is 15.6. The van der Waals surface area contributed by atoms with E-state index in [0.717, 1.165) is 50.9 Å². The van der Waals surface area contributed by atoms with Gasteiger partial charge in [-0.15, -0.1) is 0 Å². The van der Waals surface area contributed by atoms with E-state index < -0.39 is 5.67 Å². The topological polar surface area (TPSA) is 24.4 Å². The summed E-state index contributed by atoms with van der Waals surface area (Å²) in [6.45, 7) is 15.9. The van der Waals surface area contributed by atoms with Gasteiger partial charge in [0.25, 0.3) is 0 Å². The van der Waals surface area contributed by atoms with Crippen molar-refractivity contribution in [2.24, 2.45) is 10.9 Å². The van der Waals surface area contributed by atoms with Crippen molar-refractivity contribution in [3.8, 4) is 11.1 Å². The minimum atomic E-state index is -1.17. The SMILES string of the molecule is C=CC(Cc1cc(C(CCC)C(C)C(C)(F)CCC)ccc1-c1ccc(CCNC)cc1)=NCC. The summed E-state index contributed by atoms with van der Waals surface area (Å²) >= 11 is 0. The third-order valence-electron chi connectivity index (χ3n) is 7.35. The molecule has 0 spiro atoms. The van der Waals surface area contributed by atoms with Gasteiger partial charge >= 0.3 is 0 Å². The third kappa shape index (κ3) is 8.14. The monoisotopic (exact) mass is 478 g/mol. The van der Waals surface area contributed by atoms with E-state index in [9.17, 15) is 0 Å². The van der Waals surface area contributed by atoms with Crippen molar-refractivity contribution in [3.05, 3.63) is 71.8 Å². The van der Waals surface area contributed by atoms with Crippen LogP contribution in [0.1, 0.15) is 82.9 Å². The zero-order valence-electron chi connectivity index (χ0n) is 23.0. The molecule has 0 bridgehead atoms. The predicted octanol–water partition coefficient (Wildman–Crippen LogP) is 8.35. The molecule has 0 saturated heterocycles. The van der Waals surface area contributed by atoms with Crippen molar-refractivity contribution in [2.45, 2.75) is 84.7 Å². The van der Waals surface area contributed by atoms with Crippen LogP contribution in [0.4, 0.5) is 4.39 Å². The minimum Gasteiger partial charge on any atom is -0.319 e. The number of nitrogens with zero attached hydrogens (tertiary/aromatic N) is 1. The average molecular weight is 479 g/mol. The first kappa shape index (κ1) is 29.0. The van der Waals surface area contributed by atoms with Gasteiger partial charge in [0.15, 0.2) is 0 Å². The highest BCUT2D eigenvalue weighted by Crippen LogP contribution is 2.41. The summed E-state index contributed by atoms with van der Waals surface area (Å²) in [5.41, 5.74) is 6.06. The fraction of sp³-hybridized carbons (Fsp3) is 0.531. The number of allylic oxidation sites excluding steroid dienone is 1. The van der Waals surface area contributed by atoms with Gasteiger partial charge in [0.1, 0.15) is 5.67 Å². The summed E-state index contributed by atoms with van der Waals surface area (Å²) in [6.07, 6.45) is 7.11. The van der Waals surface area contributed by atoms with Crippen molar-refractivity contribution in [2.75, 3.05) is 20.1 Å². The number of nitrogens with one attached hydrogen (secondary N) is 1. The van der Waals surface area contributed by atoms with E-state index in [1.165, 1.54) is 27.8 Å². The first-order valence-electron chi connectivity index (χ1n) is 13.5. The molecule has 3 atom stereocenters. The van der Waals surface area contributed by atoms with Gasteiger partial charge < -0.3 is 5.32 Å². The van der Waals surface area contributed by atoms with Crippen molar-refractivity contribution < 1.29 is 4.39 Å². The molecule has 0 heterocycles. The Balaban J connectivity index is 2.54. The maximum atomic E-state index is 15.6. The first-order chi connectivity index (χ1) is 16.8. The fourth-order valence-corrected chi connectivity index (χ4v) is 5.14. The molecule has 0 amide bonds. The smallest absolute Gasteiger partial charge is 0.111 e. The van der Waals surface area contributed by atoms with Gasteiger partial charge in [0, 0.05) is 18.7 Å². The third-order valence-corrected chi connectivity index (χ3v) is 7.35. The lowest BCUT2D eigenvalue weighted by molar-refractivity contribution is 0.0803. The second-order valence-corrected chi connectivity index (χ2v) is 10.0. The van der Waals surface area contributed by atoms with Crippen molar-refractivity contribution in [1.82, 2.24) is 5.32 Å². The van der Waals surface area contributed by atoms with Crippen LogP contribution in [0.3, 0.4) is 0 Å². The molecule has 3 unspecified atom stereocenters. The van der Waals surface area contributed by atoms with Crippen molar-refractivity contribution in [1.29, 1.82) is 0 Å². The Labute approximate surface area is 214 Å². The summed E-state index contributed by atoms with van der Waals surface area (Å²) in [5, 5.41) is 3.22. The second-order valence-electron chi connectivity index (χ2n) is 10.0. The fourth-order valence-electron chi connectivity index (χ4n) is 5.14. The van der Waals surface area contributed by atoms with Gasteiger partial charge in [-0.25, -0.2) is 4.39 Å². The maximum Gasteiger partial charge on any atom is 0.111 e. The lowest BCUT2D eigenvalue weighted by Crippen LogP contribution is -2.32. The van der Waals surface area contributed by atoms with E-state index in [1.54, 1.807) is 6.92 Å². The number of alkyl halides is 1. The summed E-state index contributed by atoms with van der Waals surface area (Å²) in [6, 6.07) is 15.7. The van der Waals surface area contributed by atoms with Crippen LogP contribution in [0.2, 0.25) is 0 Å². The van der Waals surface area contributed by atoms with Gasteiger partial charge in [-0.3, -0.25) is 4.99 Å². The normalized spacial score (nSPS) is 15.5. The highest BCUT2D eigenvalue weighted by molar-refractivity contribution is 5.97. The van der Waals surface area contributed by atoms with E-state index >= 15 is 4.39 Å². The molecule has 2 aromatic carbocycles. The Bertz CT molecular complexity index is 943. The Morgan fingerprint density at radius 1 is 1.11 bits per heavy atom. The predicted molar refractivity (Wildman–Crippen MR) is 153 cm³/mol. The van der Waals surface area contributed by atoms with Gasteiger partial charge in [-0.05, 0) is 92.4 Å². The number of benzene rings is 2. The lowest BCUT2D eigenvalue weighted by atomic mass is 9.73. The minimum absolute atomic E-state index is 0.0456. The number of hydrogen-bond donors (Lipinski definition) is 1. The quantitative estimate of drug-likeness (QED) is 0.256. The number of rotatable bonds is 15. The van der Waals surface area contributed by atoms with Crippen LogP contribution < -0.4 is 5.32 Å². The standard InChI is InChI=1S/C32H47FN2/c1-8-12-30(24(5)32(6,33)20-9-2)27-17-18-31(28(22-27)23-29(10-3)35-11-4)26-15-13-25(14-16-26)19-21-34-7/h10,13-18,22,24,30,34H,3,8-9,11-12,19-21,23H2,1-2,4-7H3. The largest absolute Gasteiger partial charge is 0.319 e. The number of hydrogen-bond acceptors (Lipinski definition) is 2. The number of likely N-dealkylation sites (N-methyl/N-ethyl adjacent to an activating group) is 1. The van der Waals surface area contributed by atoms with E-state index in [0.29, 0.717) is 6.42 Å². The zero-order valence-corrected chi connectivity index (χ0v) is 23.0. The Kier molecular flexibility index (Phi) is 11.9. The number of halogens is 1. The van der Waals surface area contributed by atoms with E-state index in [1.807, 2.05) is 13.1 Å². The van der Waals surface area contributed by atoms with E-state index in [2.05, 4.69) is 87.0 Å². The molecule has 1 N–H and O–H groups in total. The molecule has 2 nitrogen and oxygen atoms in total. The van der Waals surface area contributed by atoms with Gasteiger partial charge in [-0.1, -0.05) is 82.7 Å². The zero-order chi connectivity index (χ0) is 25.8. The molecule has 2 aromatic rings. The molecule has 3 heteroatoms. The van der Waals surface area contributed by atoms with Crippen LogP contribution in [0.25, 0.3) is 11.1 Å². The molecule has 0 aliphatic carbocycles. The van der Waals surface area contributed by atoms with Crippen LogP contribution in [0, 0.1) is 5.92 Å². The highest BCUT2D eigenvalue weighted by atomic mass is 19.1. The van der Waals surface area contributed by atoms with Gasteiger partial charge in [0.2, 0.25) is 0 Å². The lowest BCUT2D eigenvalue weighted by Gasteiger charge is -2.35. The second kappa shape index (κ2) is 14.3. The van der Waals surface area contributed by atoms with E-state index in [4.69, 9.17) is 0 Å². The molecule has 0 aromatic heterocycles. The number of aliphatic imine (C=N–C) groups is 1. The van der Waals surface area contributed by atoms with Crippen molar-refractivity contribution in [3.63, 3.8) is 0 Å².